The van der Waals surface area contributed by atoms with Crippen LogP contribution in [-0.2, 0) is 0 Å². The van der Waals surface area contributed by atoms with Gasteiger partial charge in [0.1, 0.15) is 18.2 Å². The number of hydrogen-bond acceptors (Lipinski definition) is 5. The van der Waals surface area contributed by atoms with Crippen molar-refractivity contribution in [3.05, 3.63) is 42.1 Å². The second kappa shape index (κ2) is 5.73. The van der Waals surface area contributed by atoms with Gasteiger partial charge in [-0.05, 0) is 31.2 Å². The van der Waals surface area contributed by atoms with Gasteiger partial charge < -0.3 is 15.2 Å². The predicted molar refractivity (Wildman–Crippen MR) is 78.4 cm³/mol. The summed E-state index contributed by atoms with van der Waals surface area (Å²) in [4.78, 5) is 5.48. The van der Waals surface area contributed by atoms with E-state index in [1.807, 2.05) is 37.3 Å². The number of hydrogen-bond donors (Lipinski definition) is 1. The molecule has 3 rings (SSSR count). The number of ether oxygens (including phenoxy) is 2. The normalized spacial score (nSPS) is 14.9. The minimum atomic E-state index is -0.0385. The zero-order valence-corrected chi connectivity index (χ0v) is 12.0. The molecule has 1 aromatic carbocycles. The lowest BCUT2D eigenvalue weighted by Gasteiger charge is -2.19. The van der Waals surface area contributed by atoms with Crippen LogP contribution in [0, 0.1) is 0 Å². The fourth-order valence-electron chi connectivity index (χ4n) is 2.03. The Hall–Kier alpha value is -1.72. The highest BCUT2D eigenvalue weighted by molar-refractivity contribution is 7.99. The molecule has 1 aromatic heterocycles. The van der Waals surface area contributed by atoms with Crippen molar-refractivity contribution in [1.82, 2.24) is 4.98 Å². The summed E-state index contributed by atoms with van der Waals surface area (Å²) in [7, 11) is 0. The standard InChI is InChI=1S/C15H16N2O2S/c1-10(16)12-3-2-6-17-15(12)20-11-4-5-13-14(9-11)19-8-7-18-13/h2-6,9-10H,7-8,16H2,1H3/t10-/m1/s1. The van der Waals surface area contributed by atoms with Gasteiger partial charge in [0.2, 0.25) is 0 Å². The summed E-state index contributed by atoms with van der Waals surface area (Å²) in [6.07, 6.45) is 1.78. The number of benzene rings is 1. The van der Waals surface area contributed by atoms with Crippen LogP contribution in [0.3, 0.4) is 0 Å². The first-order valence-corrected chi connectivity index (χ1v) is 7.33. The predicted octanol–water partition coefficient (Wildman–Crippen LogP) is 3.02. The zero-order chi connectivity index (χ0) is 13.9. The van der Waals surface area contributed by atoms with Crippen LogP contribution in [0.15, 0.2) is 46.5 Å². The molecule has 0 unspecified atom stereocenters. The van der Waals surface area contributed by atoms with Gasteiger partial charge in [0.05, 0.1) is 0 Å². The molecule has 0 fully saturated rings. The average molecular weight is 288 g/mol. The highest BCUT2D eigenvalue weighted by Gasteiger charge is 2.14. The maximum absolute atomic E-state index is 5.98. The minimum absolute atomic E-state index is 0.0385. The Morgan fingerprint density at radius 3 is 2.80 bits per heavy atom. The van der Waals surface area contributed by atoms with Crippen molar-refractivity contribution in [3.8, 4) is 11.5 Å². The Balaban J connectivity index is 1.88. The second-order valence-corrected chi connectivity index (χ2v) is 5.66. The van der Waals surface area contributed by atoms with E-state index in [1.165, 1.54) is 0 Å². The highest BCUT2D eigenvalue weighted by atomic mass is 32.2. The lowest BCUT2D eigenvalue weighted by molar-refractivity contribution is 0.171. The number of fused-ring (bicyclic) bond motifs is 1. The van der Waals surface area contributed by atoms with Crippen LogP contribution in [0.5, 0.6) is 11.5 Å². The van der Waals surface area contributed by atoms with E-state index >= 15 is 0 Å². The number of nitrogens with two attached hydrogens (primary N) is 1. The molecule has 1 atom stereocenters. The third-order valence-electron chi connectivity index (χ3n) is 3.02. The third-order valence-corrected chi connectivity index (χ3v) is 4.04. The smallest absolute Gasteiger partial charge is 0.162 e. The quantitative estimate of drug-likeness (QED) is 0.940. The summed E-state index contributed by atoms with van der Waals surface area (Å²) in [5, 5.41) is 0.930. The Labute approximate surface area is 122 Å². The molecule has 1 aliphatic rings. The molecule has 5 heteroatoms. The molecule has 104 valence electrons. The monoisotopic (exact) mass is 288 g/mol. The van der Waals surface area contributed by atoms with Crippen molar-refractivity contribution in [1.29, 1.82) is 0 Å². The zero-order valence-electron chi connectivity index (χ0n) is 11.2. The SMILES string of the molecule is C[C@@H](N)c1cccnc1Sc1ccc2c(c1)OCCO2. The molecule has 0 amide bonds. The van der Waals surface area contributed by atoms with Gasteiger partial charge in [-0.15, -0.1) is 0 Å². The Morgan fingerprint density at radius 2 is 2.00 bits per heavy atom. The largest absolute Gasteiger partial charge is 0.486 e. The number of rotatable bonds is 3. The summed E-state index contributed by atoms with van der Waals surface area (Å²) in [6, 6.07) is 9.82. The van der Waals surface area contributed by atoms with E-state index in [0.717, 1.165) is 27.0 Å². The molecule has 0 saturated carbocycles. The van der Waals surface area contributed by atoms with Gasteiger partial charge in [-0.2, -0.15) is 0 Å². The maximum Gasteiger partial charge on any atom is 0.162 e. The van der Waals surface area contributed by atoms with E-state index < -0.39 is 0 Å². The fraction of sp³-hybridized carbons (Fsp3) is 0.267. The number of pyridine rings is 1. The van der Waals surface area contributed by atoms with Crippen molar-refractivity contribution in [3.63, 3.8) is 0 Å². The van der Waals surface area contributed by atoms with E-state index in [0.29, 0.717) is 13.2 Å². The molecule has 4 nitrogen and oxygen atoms in total. The van der Waals surface area contributed by atoms with Crippen LogP contribution < -0.4 is 15.2 Å². The highest BCUT2D eigenvalue weighted by Crippen LogP contribution is 2.37. The molecule has 2 heterocycles. The Kier molecular flexibility index (Phi) is 3.80. The summed E-state index contributed by atoms with van der Waals surface area (Å²) in [5.74, 6) is 1.59. The third kappa shape index (κ3) is 2.73. The van der Waals surface area contributed by atoms with Gasteiger partial charge in [-0.1, -0.05) is 17.8 Å². The van der Waals surface area contributed by atoms with Gasteiger partial charge in [-0.3, -0.25) is 0 Å². The van der Waals surface area contributed by atoms with E-state index in [-0.39, 0.29) is 6.04 Å². The molecule has 2 aromatic rings. The van der Waals surface area contributed by atoms with Crippen LogP contribution in [0.2, 0.25) is 0 Å². The minimum Gasteiger partial charge on any atom is -0.486 e. The molecular weight excluding hydrogens is 272 g/mol. The number of aromatic nitrogens is 1. The summed E-state index contributed by atoms with van der Waals surface area (Å²) >= 11 is 1.59. The van der Waals surface area contributed by atoms with E-state index in [2.05, 4.69) is 4.98 Å². The van der Waals surface area contributed by atoms with Crippen molar-refractivity contribution in [2.24, 2.45) is 5.73 Å². The molecule has 0 radical (unpaired) electrons. The van der Waals surface area contributed by atoms with Gasteiger partial charge in [0.15, 0.2) is 11.5 Å². The first-order valence-electron chi connectivity index (χ1n) is 6.52. The lowest BCUT2D eigenvalue weighted by atomic mass is 10.2. The van der Waals surface area contributed by atoms with Crippen LogP contribution in [0.25, 0.3) is 0 Å². The van der Waals surface area contributed by atoms with E-state index in [1.54, 1.807) is 18.0 Å². The summed E-state index contributed by atoms with van der Waals surface area (Å²) < 4.78 is 11.1. The van der Waals surface area contributed by atoms with Crippen molar-refractivity contribution >= 4 is 11.8 Å². The Bertz CT molecular complexity index is 617. The molecule has 0 aliphatic carbocycles. The average Bonchev–Trinajstić information content (AvgIpc) is 2.47. The molecule has 20 heavy (non-hydrogen) atoms. The van der Waals surface area contributed by atoms with Crippen LogP contribution in [0.1, 0.15) is 18.5 Å². The molecule has 0 spiro atoms. The van der Waals surface area contributed by atoms with Crippen LogP contribution in [-0.4, -0.2) is 18.2 Å². The second-order valence-electron chi connectivity index (χ2n) is 4.59. The van der Waals surface area contributed by atoms with Gasteiger partial charge in [-0.25, -0.2) is 4.98 Å². The fourth-order valence-corrected chi connectivity index (χ4v) is 3.04. The summed E-state index contributed by atoms with van der Waals surface area (Å²) in [6.45, 7) is 3.16. The molecule has 1 aliphatic heterocycles. The van der Waals surface area contributed by atoms with Gasteiger partial charge in [0.25, 0.3) is 0 Å². The maximum atomic E-state index is 5.98. The number of nitrogens with zero attached hydrogens (tertiary/aromatic N) is 1. The topological polar surface area (TPSA) is 57.4 Å². The van der Waals surface area contributed by atoms with Crippen molar-refractivity contribution in [2.45, 2.75) is 22.9 Å². The summed E-state index contributed by atoms with van der Waals surface area (Å²) in [5.41, 5.74) is 7.03. The van der Waals surface area contributed by atoms with Crippen molar-refractivity contribution < 1.29 is 9.47 Å². The lowest BCUT2D eigenvalue weighted by Crippen LogP contribution is -2.15. The van der Waals surface area contributed by atoms with Gasteiger partial charge in [0, 0.05) is 22.7 Å². The molecule has 0 saturated heterocycles. The first kappa shape index (κ1) is 13.3. The Morgan fingerprint density at radius 1 is 1.20 bits per heavy atom. The molecule has 2 N–H and O–H groups in total. The van der Waals surface area contributed by atoms with E-state index in [9.17, 15) is 0 Å². The molecular formula is C15H16N2O2S. The van der Waals surface area contributed by atoms with Crippen LogP contribution in [0.4, 0.5) is 0 Å². The first-order chi connectivity index (χ1) is 9.74. The van der Waals surface area contributed by atoms with E-state index in [4.69, 9.17) is 15.2 Å². The van der Waals surface area contributed by atoms with Crippen molar-refractivity contribution in [2.75, 3.05) is 13.2 Å². The molecule has 0 bridgehead atoms. The van der Waals surface area contributed by atoms with Crippen LogP contribution >= 0.6 is 11.8 Å². The van der Waals surface area contributed by atoms with Gasteiger partial charge >= 0.3 is 0 Å².